The van der Waals surface area contributed by atoms with Crippen molar-refractivity contribution in [3.8, 4) is 0 Å². The van der Waals surface area contributed by atoms with Gasteiger partial charge in [-0.3, -0.25) is 9.59 Å². The molecule has 0 unspecified atom stereocenters. The molecule has 0 saturated heterocycles. The summed E-state index contributed by atoms with van der Waals surface area (Å²) in [6, 6.07) is 7.53. The van der Waals surface area contributed by atoms with Gasteiger partial charge < -0.3 is 15.1 Å². The van der Waals surface area contributed by atoms with Crippen LogP contribution in [0.25, 0.3) is 11.1 Å². The van der Waals surface area contributed by atoms with Crippen molar-refractivity contribution in [1.82, 2.24) is 10.3 Å². The number of benzene rings is 2. The minimum Gasteiger partial charge on any atom is -0.440 e. The van der Waals surface area contributed by atoms with Gasteiger partial charge in [0.1, 0.15) is 17.2 Å². The largest absolute Gasteiger partial charge is 0.440 e. The smallest absolute Gasteiger partial charge is 0.251 e. The summed E-state index contributed by atoms with van der Waals surface area (Å²) in [5, 5.41) is 4.95. The van der Waals surface area contributed by atoms with Gasteiger partial charge in [0.2, 0.25) is 5.91 Å². The Hall–Kier alpha value is -3.29. The number of hydrogen-bond acceptors (Lipinski definition) is 4. The third-order valence-corrected chi connectivity index (χ3v) is 4.15. The Morgan fingerprint density at radius 1 is 1.11 bits per heavy atom. The minimum absolute atomic E-state index is 0.197. The van der Waals surface area contributed by atoms with E-state index in [1.807, 2.05) is 0 Å². The fourth-order valence-corrected chi connectivity index (χ4v) is 2.68. The van der Waals surface area contributed by atoms with Crippen LogP contribution in [-0.2, 0) is 4.79 Å². The highest BCUT2D eigenvalue weighted by Crippen LogP contribution is 2.40. The van der Waals surface area contributed by atoms with Crippen LogP contribution in [-0.4, -0.2) is 23.3 Å². The monoisotopic (exact) mass is 371 g/mol. The molecule has 0 radical (unpaired) electrons. The third-order valence-electron chi connectivity index (χ3n) is 4.15. The van der Waals surface area contributed by atoms with Crippen LogP contribution in [0.2, 0.25) is 0 Å². The maximum absolute atomic E-state index is 13.1. The molecule has 27 heavy (non-hydrogen) atoms. The molecule has 2 amide bonds. The van der Waals surface area contributed by atoms with Gasteiger partial charge in [0, 0.05) is 23.2 Å². The molecule has 1 aromatic heterocycles. The van der Waals surface area contributed by atoms with Crippen LogP contribution in [0.15, 0.2) is 40.8 Å². The maximum Gasteiger partial charge on any atom is 0.251 e. The lowest BCUT2D eigenvalue weighted by atomic mass is 10.2. The summed E-state index contributed by atoms with van der Waals surface area (Å²) in [5.41, 5.74) is 1.61. The summed E-state index contributed by atoms with van der Waals surface area (Å²) < 4.78 is 31.9. The summed E-state index contributed by atoms with van der Waals surface area (Å²) in [5.74, 6) is -1.86. The number of oxazole rings is 1. The van der Waals surface area contributed by atoms with E-state index in [2.05, 4.69) is 15.6 Å². The lowest BCUT2D eigenvalue weighted by molar-refractivity contribution is -0.115. The fraction of sp³-hybridized carbons (Fsp3) is 0.211. The Morgan fingerprint density at radius 2 is 1.85 bits per heavy atom. The average Bonchev–Trinajstić information content (AvgIpc) is 3.38. The SMILES string of the molecule is O=C(CNC(=O)c1cc(F)cc(F)c1)Nc1ccc2oc(C3CC3)nc2c1. The first kappa shape index (κ1) is 17.1. The predicted molar refractivity (Wildman–Crippen MR) is 93.3 cm³/mol. The molecule has 2 N–H and O–H groups in total. The molecule has 1 aliphatic rings. The standard InChI is InChI=1S/C19H15F2N3O3/c20-12-5-11(6-13(21)7-12)18(26)22-9-17(25)23-14-3-4-16-15(8-14)24-19(27-16)10-1-2-10/h3-8,10H,1-2,9H2,(H,22,26)(H,23,25). The number of hydrogen-bond donors (Lipinski definition) is 2. The van der Waals surface area contributed by atoms with E-state index < -0.39 is 23.4 Å². The number of amides is 2. The number of aromatic nitrogens is 1. The highest BCUT2D eigenvalue weighted by atomic mass is 19.1. The molecule has 4 rings (SSSR count). The molecule has 1 fully saturated rings. The molecular formula is C19H15F2N3O3. The van der Waals surface area contributed by atoms with E-state index in [-0.39, 0.29) is 12.1 Å². The molecule has 0 aliphatic heterocycles. The van der Waals surface area contributed by atoms with E-state index in [0.717, 1.165) is 25.0 Å². The molecular weight excluding hydrogens is 356 g/mol. The van der Waals surface area contributed by atoms with Gasteiger partial charge in [-0.1, -0.05) is 0 Å². The van der Waals surface area contributed by atoms with Crippen LogP contribution >= 0.6 is 0 Å². The number of rotatable bonds is 5. The van der Waals surface area contributed by atoms with Gasteiger partial charge in [-0.2, -0.15) is 0 Å². The van der Waals surface area contributed by atoms with Crippen molar-refractivity contribution < 1.29 is 22.8 Å². The number of carbonyl (C=O) groups excluding carboxylic acids is 2. The van der Waals surface area contributed by atoms with E-state index in [0.29, 0.717) is 34.7 Å². The van der Waals surface area contributed by atoms with Crippen LogP contribution < -0.4 is 10.6 Å². The summed E-state index contributed by atoms with van der Waals surface area (Å²) >= 11 is 0. The number of fused-ring (bicyclic) bond motifs is 1. The van der Waals surface area contributed by atoms with E-state index in [4.69, 9.17) is 4.42 Å². The van der Waals surface area contributed by atoms with Gasteiger partial charge in [0.15, 0.2) is 11.5 Å². The molecule has 3 aromatic rings. The zero-order valence-corrected chi connectivity index (χ0v) is 14.1. The zero-order chi connectivity index (χ0) is 19.0. The zero-order valence-electron chi connectivity index (χ0n) is 14.1. The Morgan fingerprint density at radius 3 is 2.56 bits per heavy atom. The Balaban J connectivity index is 1.37. The summed E-state index contributed by atoms with van der Waals surface area (Å²) in [6.07, 6.45) is 2.15. The number of carbonyl (C=O) groups is 2. The second-order valence-corrected chi connectivity index (χ2v) is 6.40. The highest BCUT2D eigenvalue weighted by Gasteiger charge is 2.28. The number of halogens is 2. The number of nitrogens with zero attached hydrogens (tertiary/aromatic N) is 1. The van der Waals surface area contributed by atoms with Crippen LogP contribution in [0.5, 0.6) is 0 Å². The van der Waals surface area contributed by atoms with Gasteiger partial charge in [-0.15, -0.1) is 0 Å². The molecule has 8 heteroatoms. The molecule has 1 aliphatic carbocycles. The van der Waals surface area contributed by atoms with Gasteiger partial charge in [0.05, 0.1) is 6.54 Å². The maximum atomic E-state index is 13.1. The van der Waals surface area contributed by atoms with Gasteiger partial charge in [-0.05, 0) is 43.2 Å². The lowest BCUT2D eigenvalue weighted by Crippen LogP contribution is -2.32. The van der Waals surface area contributed by atoms with Crippen molar-refractivity contribution in [2.75, 3.05) is 11.9 Å². The Labute approximate surface area is 152 Å². The second kappa shape index (κ2) is 6.79. The van der Waals surface area contributed by atoms with E-state index in [1.165, 1.54) is 0 Å². The highest BCUT2D eigenvalue weighted by molar-refractivity contribution is 5.99. The van der Waals surface area contributed by atoms with Crippen LogP contribution in [0.3, 0.4) is 0 Å². The van der Waals surface area contributed by atoms with E-state index >= 15 is 0 Å². The molecule has 0 spiro atoms. The number of anilines is 1. The van der Waals surface area contributed by atoms with E-state index in [9.17, 15) is 18.4 Å². The summed E-state index contributed by atoms with van der Waals surface area (Å²) in [4.78, 5) is 28.3. The van der Waals surface area contributed by atoms with Crippen molar-refractivity contribution in [3.05, 3.63) is 59.5 Å². The topological polar surface area (TPSA) is 84.2 Å². The van der Waals surface area contributed by atoms with Crippen molar-refractivity contribution >= 4 is 28.6 Å². The van der Waals surface area contributed by atoms with E-state index in [1.54, 1.807) is 18.2 Å². The number of nitrogens with one attached hydrogen (secondary N) is 2. The quantitative estimate of drug-likeness (QED) is 0.720. The van der Waals surface area contributed by atoms with Crippen molar-refractivity contribution in [1.29, 1.82) is 0 Å². The summed E-state index contributed by atoms with van der Waals surface area (Å²) in [7, 11) is 0. The van der Waals surface area contributed by atoms with Gasteiger partial charge >= 0.3 is 0 Å². The van der Waals surface area contributed by atoms with Crippen LogP contribution in [0.4, 0.5) is 14.5 Å². The molecule has 138 valence electrons. The Bertz CT molecular complexity index is 1020. The third kappa shape index (κ3) is 3.94. The summed E-state index contributed by atoms with van der Waals surface area (Å²) in [6.45, 7) is -0.346. The molecule has 1 saturated carbocycles. The first-order valence-electron chi connectivity index (χ1n) is 8.42. The molecule has 0 bridgehead atoms. The van der Waals surface area contributed by atoms with Crippen molar-refractivity contribution in [3.63, 3.8) is 0 Å². The van der Waals surface area contributed by atoms with Gasteiger partial charge in [-0.25, -0.2) is 13.8 Å². The Kier molecular flexibility index (Phi) is 4.31. The average molecular weight is 371 g/mol. The molecule has 1 heterocycles. The lowest BCUT2D eigenvalue weighted by Gasteiger charge is -2.07. The molecule has 2 aromatic carbocycles. The molecule has 0 atom stereocenters. The van der Waals surface area contributed by atoms with Crippen molar-refractivity contribution in [2.45, 2.75) is 18.8 Å². The molecule has 6 nitrogen and oxygen atoms in total. The van der Waals surface area contributed by atoms with Crippen LogP contribution in [0.1, 0.15) is 35.0 Å². The first-order valence-corrected chi connectivity index (χ1v) is 8.42. The van der Waals surface area contributed by atoms with Crippen molar-refractivity contribution in [2.24, 2.45) is 0 Å². The predicted octanol–water partition coefficient (Wildman–Crippen LogP) is 3.35. The minimum atomic E-state index is -0.865. The normalized spacial score (nSPS) is 13.6. The second-order valence-electron chi connectivity index (χ2n) is 6.40. The van der Waals surface area contributed by atoms with Crippen LogP contribution in [0, 0.1) is 11.6 Å². The first-order chi connectivity index (χ1) is 13.0. The van der Waals surface area contributed by atoms with Gasteiger partial charge in [0.25, 0.3) is 5.91 Å². The fourth-order valence-electron chi connectivity index (χ4n) is 2.68.